The van der Waals surface area contributed by atoms with Crippen LogP contribution >= 0.6 is 0 Å². The summed E-state index contributed by atoms with van der Waals surface area (Å²) in [5.41, 5.74) is 2.87. The average molecular weight is 744 g/mol. The van der Waals surface area contributed by atoms with Gasteiger partial charge in [-0.15, -0.1) is 0 Å². The second-order valence-electron chi connectivity index (χ2n) is 14.2. The number of piperidine rings is 2. The van der Waals surface area contributed by atoms with E-state index in [1.807, 2.05) is 24.0 Å². The van der Waals surface area contributed by atoms with Crippen LogP contribution in [0.3, 0.4) is 0 Å². The predicted molar refractivity (Wildman–Crippen MR) is 188 cm³/mol. The van der Waals surface area contributed by atoms with Crippen molar-refractivity contribution in [1.82, 2.24) is 30.0 Å². The number of anilines is 1. The Hall–Kier alpha value is -4.86. The third-order valence-corrected chi connectivity index (χ3v) is 10.5. The van der Waals surface area contributed by atoms with Crippen LogP contribution in [0.5, 0.6) is 11.8 Å². The van der Waals surface area contributed by atoms with Crippen molar-refractivity contribution in [1.29, 1.82) is 0 Å². The third-order valence-electron chi connectivity index (χ3n) is 10.5. The molecule has 2 aromatic heterocycles. The minimum Gasteiger partial charge on any atom is -0.481 e. The van der Waals surface area contributed by atoms with Crippen molar-refractivity contribution in [2.75, 3.05) is 57.3 Å². The van der Waals surface area contributed by atoms with E-state index >= 15 is 0 Å². The highest BCUT2D eigenvalue weighted by Crippen LogP contribution is 2.48. The van der Waals surface area contributed by atoms with E-state index in [1.165, 1.54) is 11.0 Å². The monoisotopic (exact) mass is 743 g/mol. The molecule has 0 aliphatic carbocycles. The molecule has 3 aliphatic rings. The normalized spacial score (nSPS) is 18.4. The fourth-order valence-corrected chi connectivity index (χ4v) is 7.83. The number of aromatic nitrogens is 4. The Kier molecular flexibility index (Phi) is 9.53. The number of aryl methyl sites for hydroxylation is 1. The van der Waals surface area contributed by atoms with Gasteiger partial charge in [0.05, 0.1) is 18.3 Å². The Morgan fingerprint density at radius 2 is 1.72 bits per heavy atom. The van der Waals surface area contributed by atoms with Crippen molar-refractivity contribution in [3.63, 3.8) is 0 Å². The van der Waals surface area contributed by atoms with Gasteiger partial charge in [0.2, 0.25) is 5.91 Å². The molecule has 0 bridgehead atoms. The van der Waals surface area contributed by atoms with E-state index < -0.39 is 31.6 Å². The summed E-state index contributed by atoms with van der Waals surface area (Å²) < 4.78 is 92.9. The first-order valence-electron chi connectivity index (χ1n) is 17.4. The van der Waals surface area contributed by atoms with Gasteiger partial charge in [0.1, 0.15) is 17.4 Å². The molecule has 3 saturated heterocycles. The highest BCUT2D eigenvalue weighted by molar-refractivity contribution is 6.07. The van der Waals surface area contributed by atoms with Crippen LogP contribution in [0.2, 0.25) is 0 Å². The number of halogens is 6. The number of hydrogen-bond donors (Lipinski definition) is 1. The Balaban J connectivity index is 1.34. The molecular formula is C37H39F6N7O3. The first kappa shape index (κ1) is 36.5. The summed E-state index contributed by atoms with van der Waals surface area (Å²) in [6, 6.07) is 5.35. The van der Waals surface area contributed by atoms with Gasteiger partial charge in [-0.05, 0) is 67.5 Å². The average Bonchev–Trinajstić information content (AvgIpc) is 3.58. The second-order valence-corrected chi connectivity index (χ2v) is 14.2. The number of alkyl halides is 6. The Morgan fingerprint density at radius 1 is 1.00 bits per heavy atom. The predicted octanol–water partition coefficient (Wildman–Crippen LogP) is 7.09. The number of amides is 1. The maximum atomic E-state index is 13.9. The molecule has 0 atom stereocenters. The second kappa shape index (κ2) is 13.8. The van der Waals surface area contributed by atoms with Crippen LogP contribution in [-0.4, -0.2) is 107 Å². The van der Waals surface area contributed by atoms with Gasteiger partial charge in [-0.1, -0.05) is 25.3 Å². The molecular weight excluding hydrogens is 704 g/mol. The first-order chi connectivity index (χ1) is 25.2. The standard InChI is InChI=1S/C37H39F6N7O3/c1-4-23-16-25-31(32(52-21-37(41,42)43)30(23)29-22(3)6-7-27-26(29)17-44-47-27)45-34(53-24-8-12-48(13-9-24)20-36(38,39)40)46-33(25)49-14-10-35(11-15-49)18-50(19-35)28(51)5-2/h4-7,16-17,24H,1-2,8-15,18-21H2,3H3,(H,44,47). The molecule has 1 N–H and O–H groups in total. The number of H-pyrrole nitrogens is 1. The van der Waals surface area contributed by atoms with Crippen molar-refractivity contribution < 1.29 is 40.6 Å². The number of nitrogens with one attached hydrogen (secondary N) is 1. The fourth-order valence-electron chi connectivity index (χ4n) is 7.83. The van der Waals surface area contributed by atoms with Gasteiger partial charge in [0, 0.05) is 61.0 Å². The number of aromatic amines is 1. The number of benzene rings is 2. The molecule has 1 amide bonds. The summed E-state index contributed by atoms with van der Waals surface area (Å²) in [6.07, 6.45) is -3.06. The summed E-state index contributed by atoms with van der Waals surface area (Å²) in [7, 11) is 0. The molecule has 53 heavy (non-hydrogen) atoms. The van der Waals surface area contributed by atoms with Crippen LogP contribution < -0.4 is 14.4 Å². The lowest BCUT2D eigenvalue weighted by Crippen LogP contribution is -2.61. The molecule has 5 heterocycles. The number of carbonyl (C=O) groups is 1. The van der Waals surface area contributed by atoms with Gasteiger partial charge in [-0.25, -0.2) is 0 Å². The summed E-state index contributed by atoms with van der Waals surface area (Å²) in [5.74, 6) is 0.176. The Morgan fingerprint density at radius 3 is 2.36 bits per heavy atom. The molecule has 1 spiro atoms. The molecule has 16 heteroatoms. The SMILES string of the molecule is C=CC(=O)N1CC2(CCN(c3nc(OC4CCN(CC(F)(F)F)CC4)nc4c(OCC(F)(F)F)c(-c5c(C)ccc6[nH]ncc56)c(C=C)cc34)CC2)C1. The number of hydrogen-bond acceptors (Lipinski definition) is 8. The Labute approximate surface area is 301 Å². The summed E-state index contributed by atoms with van der Waals surface area (Å²) >= 11 is 0. The molecule has 2 aromatic carbocycles. The number of ether oxygens (including phenoxy) is 2. The van der Waals surface area contributed by atoms with Crippen LogP contribution in [0.4, 0.5) is 32.2 Å². The van der Waals surface area contributed by atoms with Crippen molar-refractivity contribution in [3.05, 3.63) is 54.8 Å². The fraction of sp³-hybridized carbons (Fsp3) is 0.459. The number of likely N-dealkylation sites (tertiary alicyclic amines) is 2. The van der Waals surface area contributed by atoms with Gasteiger partial charge in [0.25, 0.3) is 0 Å². The molecule has 4 aromatic rings. The van der Waals surface area contributed by atoms with Crippen LogP contribution in [0, 0.1) is 12.3 Å². The van der Waals surface area contributed by atoms with E-state index in [2.05, 4.69) is 23.4 Å². The van der Waals surface area contributed by atoms with Crippen molar-refractivity contribution in [2.24, 2.45) is 5.41 Å². The maximum absolute atomic E-state index is 13.9. The van der Waals surface area contributed by atoms with Gasteiger partial charge in [0.15, 0.2) is 12.4 Å². The molecule has 10 nitrogen and oxygen atoms in total. The minimum absolute atomic E-state index is 0.0665. The van der Waals surface area contributed by atoms with Gasteiger partial charge in [-0.3, -0.25) is 14.8 Å². The minimum atomic E-state index is -4.69. The highest BCUT2D eigenvalue weighted by atomic mass is 19.4. The molecule has 3 fully saturated rings. The lowest BCUT2D eigenvalue weighted by Gasteiger charge is -2.54. The lowest BCUT2D eigenvalue weighted by molar-refractivity contribution is -0.153. The largest absolute Gasteiger partial charge is 0.481 e. The van der Waals surface area contributed by atoms with Gasteiger partial charge in [-0.2, -0.15) is 41.4 Å². The molecule has 0 radical (unpaired) electrons. The van der Waals surface area contributed by atoms with E-state index in [-0.39, 0.29) is 54.5 Å². The van der Waals surface area contributed by atoms with Gasteiger partial charge < -0.3 is 19.3 Å². The molecule has 3 aliphatic heterocycles. The van der Waals surface area contributed by atoms with Gasteiger partial charge >= 0.3 is 18.4 Å². The smallest absolute Gasteiger partial charge is 0.422 e. The lowest BCUT2D eigenvalue weighted by atomic mass is 9.72. The first-order valence-corrected chi connectivity index (χ1v) is 17.4. The summed E-state index contributed by atoms with van der Waals surface area (Å²) in [5, 5.41) is 8.17. The molecule has 0 saturated carbocycles. The Bertz CT molecular complexity index is 2040. The molecule has 282 valence electrons. The zero-order chi connectivity index (χ0) is 37.7. The summed E-state index contributed by atoms with van der Waals surface area (Å²) in [4.78, 5) is 26.8. The van der Waals surface area contributed by atoms with Crippen molar-refractivity contribution in [2.45, 2.75) is 51.1 Å². The molecule has 7 rings (SSSR count). The number of nitrogens with zero attached hydrogens (tertiary/aromatic N) is 6. The zero-order valence-corrected chi connectivity index (χ0v) is 29.1. The van der Waals surface area contributed by atoms with Crippen LogP contribution in [0.1, 0.15) is 36.8 Å². The maximum Gasteiger partial charge on any atom is 0.422 e. The number of fused-ring (bicyclic) bond motifs is 2. The number of rotatable bonds is 9. The van der Waals surface area contributed by atoms with Crippen molar-refractivity contribution in [3.8, 4) is 22.9 Å². The van der Waals surface area contributed by atoms with E-state index in [1.54, 1.807) is 23.2 Å². The third kappa shape index (κ3) is 7.50. The topological polar surface area (TPSA) is 99.7 Å². The van der Waals surface area contributed by atoms with Crippen molar-refractivity contribution >= 4 is 39.6 Å². The quantitative estimate of drug-likeness (QED) is 0.144. The number of carbonyl (C=O) groups excluding carboxylic acids is 1. The zero-order valence-electron chi connectivity index (χ0n) is 29.1. The van der Waals surface area contributed by atoms with Crippen LogP contribution in [0.25, 0.3) is 39.0 Å². The van der Waals surface area contributed by atoms with E-state index in [4.69, 9.17) is 19.4 Å². The van der Waals surface area contributed by atoms with Crippen LogP contribution in [-0.2, 0) is 4.79 Å². The molecule has 0 unspecified atom stereocenters. The summed E-state index contributed by atoms with van der Waals surface area (Å²) in [6.45, 7) is 9.37. The van der Waals surface area contributed by atoms with E-state index in [0.717, 1.165) is 18.4 Å². The highest BCUT2D eigenvalue weighted by Gasteiger charge is 2.46. The van der Waals surface area contributed by atoms with E-state index in [0.29, 0.717) is 65.0 Å². The van der Waals surface area contributed by atoms with Crippen LogP contribution in [0.15, 0.2) is 43.6 Å². The van der Waals surface area contributed by atoms with E-state index in [9.17, 15) is 31.1 Å².